The minimum absolute atomic E-state index is 0.0502. The zero-order chi connectivity index (χ0) is 18.1. The summed E-state index contributed by atoms with van der Waals surface area (Å²) in [5, 5.41) is 1.96. The van der Waals surface area contributed by atoms with Gasteiger partial charge in [0.2, 0.25) is 5.91 Å². The van der Waals surface area contributed by atoms with Gasteiger partial charge in [0, 0.05) is 6.20 Å². The topological polar surface area (TPSA) is 113 Å². The summed E-state index contributed by atoms with van der Waals surface area (Å²) in [5.41, 5.74) is 6.00. The molecule has 0 saturated heterocycles. The molecule has 8 heteroatoms. The zero-order valence-electron chi connectivity index (χ0n) is 13.7. The third-order valence-corrected chi connectivity index (χ3v) is 2.96. The van der Waals surface area contributed by atoms with E-state index in [0.29, 0.717) is 6.61 Å². The molecule has 0 spiro atoms. The molecule has 2 rings (SSSR count). The van der Waals surface area contributed by atoms with Crippen molar-refractivity contribution < 1.29 is 23.8 Å². The first-order chi connectivity index (χ1) is 12.1. The number of imide groups is 1. The third-order valence-electron chi connectivity index (χ3n) is 2.96. The SMILES string of the molecule is CCOc1cccc(COc2cccnc2OC(=O)NC(=O)CN)c1. The molecule has 0 radical (unpaired) electrons. The molecule has 0 atom stereocenters. The second-order valence-corrected chi connectivity index (χ2v) is 4.82. The van der Waals surface area contributed by atoms with Crippen LogP contribution in [0.4, 0.5) is 4.79 Å². The first-order valence-electron chi connectivity index (χ1n) is 7.63. The van der Waals surface area contributed by atoms with E-state index in [1.54, 1.807) is 12.1 Å². The van der Waals surface area contributed by atoms with Crippen LogP contribution in [0.1, 0.15) is 12.5 Å². The van der Waals surface area contributed by atoms with Gasteiger partial charge < -0.3 is 19.9 Å². The molecule has 2 aromatic rings. The van der Waals surface area contributed by atoms with Crippen LogP contribution in [0.5, 0.6) is 17.4 Å². The van der Waals surface area contributed by atoms with Gasteiger partial charge in [-0.05, 0) is 36.8 Å². The van der Waals surface area contributed by atoms with E-state index < -0.39 is 12.0 Å². The van der Waals surface area contributed by atoms with Gasteiger partial charge in [-0.25, -0.2) is 9.78 Å². The number of ether oxygens (including phenoxy) is 3. The summed E-state index contributed by atoms with van der Waals surface area (Å²) in [6.45, 7) is 2.38. The van der Waals surface area contributed by atoms with E-state index in [2.05, 4.69) is 4.98 Å². The molecule has 1 aromatic carbocycles. The molecule has 8 nitrogen and oxygen atoms in total. The van der Waals surface area contributed by atoms with Gasteiger partial charge in [0.15, 0.2) is 5.75 Å². The van der Waals surface area contributed by atoms with Gasteiger partial charge in [-0.3, -0.25) is 10.1 Å². The Morgan fingerprint density at radius 2 is 2.04 bits per heavy atom. The lowest BCUT2D eigenvalue weighted by Crippen LogP contribution is -2.37. The van der Waals surface area contributed by atoms with Crippen molar-refractivity contribution in [2.45, 2.75) is 13.5 Å². The van der Waals surface area contributed by atoms with Crippen LogP contribution in [-0.4, -0.2) is 30.1 Å². The third kappa shape index (κ3) is 5.78. The van der Waals surface area contributed by atoms with E-state index in [4.69, 9.17) is 19.9 Å². The quantitative estimate of drug-likeness (QED) is 0.784. The second-order valence-electron chi connectivity index (χ2n) is 4.82. The van der Waals surface area contributed by atoms with Crippen LogP contribution in [0.2, 0.25) is 0 Å². The number of benzene rings is 1. The van der Waals surface area contributed by atoms with Gasteiger partial charge in [0.1, 0.15) is 12.4 Å². The van der Waals surface area contributed by atoms with Crippen LogP contribution < -0.4 is 25.3 Å². The highest BCUT2D eigenvalue weighted by atomic mass is 16.6. The highest BCUT2D eigenvalue weighted by Gasteiger charge is 2.13. The number of aromatic nitrogens is 1. The number of hydrogen-bond acceptors (Lipinski definition) is 7. The second kappa shape index (κ2) is 9.24. The Hall–Kier alpha value is -3.13. The summed E-state index contributed by atoms with van der Waals surface area (Å²) in [5.74, 6) is 0.299. The summed E-state index contributed by atoms with van der Waals surface area (Å²) in [6, 6.07) is 10.7. The summed E-state index contributed by atoms with van der Waals surface area (Å²) < 4.78 is 16.1. The molecule has 0 unspecified atom stereocenters. The van der Waals surface area contributed by atoms with Crippen LogP contribution in [0.15, 0.2) is 42.6 Å². The first kappa shape index (κ1) is 18.2. The summed E-state index contributed by atoms with van der Waals surface area (Å²) in [7, 11) is 0. The van der Waals surface area contributed by atoms with E-state index >= 15 is 0 Å². The summed E-state index contributed by atoms with van der Waals surface area (Å²) in [6.07, 6.45) is 0.466. The van der Waals surface area contributed by atoms with Crippen molar-refractivity contribution in [3.05, 3.63) is 48.2 Å². The van der Waals surface area contributed by atoms with Crippen molar-refractivity contribution in [1.29, 1.82) is 0 Å². The number of nitrogens with one attached hydrogen (secondary N) is 1. The van der Waals surface area contributed by atoms with Crippen molar-refractivity contribution in [1.82, 2.24) is 10.3 Å². The molecule has 0 bridgehead atoms. The molecule has 2 amide bonds. The smallest absolute Gasteiger partial charge is 0.420 e. The molecule has 0 aliphatic heterocycles. The van der Waals surface area contributed by atoms with Crippen molar-refractivity contribution in [2.75, 3.05) is 13.2 Å². The fraction of sp³-hybridized carbons (Fsp3) is 0.235. The Morgan fingerprint density at radius 1 is 1.20 bits per heavy atom. The largest absolute Gasteiger partial charge is 0.494 e. The Labute approximate surface area is 144 Å². The summed E-state index contributed by atoms with van der Waals surface area (Å²) in [4.78, 5) is 26.6. The molecular weight excluding hydrogens is 326 g/mol. The average molecular weight is 345 g/mol. The number of rotatable bonds is 7. The first-order valence-corrected chi connectivity index (χ1v) is 7.63. The fourth-order valence-corrected chi connectivity index (χ4v) is 1.89. The van der Waals surface area contributed by atoms with Crippen molar-refractivity contribution in [2.24, 2.45) is 5.73 Å². The highest BCUT2D eigenvalue weighted by molar-refractivity contribution is 5.93. The Balaban J connectivity index is 2.01. The fourth-order valence-electron chi connectivity index (χ4n) is 1.89. The highest BCUT2D eigenvalue weighted by Crippen LogP contribution is 2.25. The van der Waals surface area contributed by atoms with E-state index in [1.807, 2.05) is 36.5 Å². The maximum Gasteiger partial charge on any atom is 0.420 e. The van der Waals surface area contributed by atoms with Gasteiger partial charge >= 0.3 is 6.09 Å². The number of nitrogens with zero attached hydrogens (tertiary/aromatic N) is 1. The van der Waals surface area contributed by atoms with Crippen molar-refractivity contribution in [3.8, 4) is 17.4 Å². The van der Waals surface area contributed by atoms with E-state index in [-0.39, 0.29) is 24.8 Å². The molecular formula is C17H19N3O5. The number of carbonyl (C=O) groups excluding carboxylic acids is 2. The van der Waals surface area contributed by atoms with Gasteiger partial charge in [-0.2, -0.15) is 0 Å². The molecule has 25 heavy (non-hydrogen) atoms. The van der Waals surface area contributed by atoms with Crippen molar-refractivity contribution in [3.63, 3.8) is 0 Å². The molecule has 132 valence electrons. The number of hydrogen-bond donors (Lipinski definition) is 2. The Morgan fingerprint density at radius 3 is 2.80 bits per heavy atom. The molecule has 1 heterocycles. The normalized spacial score (nSPS) is 10.0. The van der Waals surface area contributed by atoms with Crippen LogP contribution in [0.3, 0.4) is 0 Å². The molecule has 0 aliphatic rings. The number of carbonyl (C=O) groups is 2. The number of amides is 2. The van der Waals surface area contributed by atoms with E-state index in [9.17, 15) is 9.59 Å². The lowest BCUT2D eigenvalue weighted by Gasteiger charge is -2.11. The standard InChI is InChI=1S/C17H19N3O5/c1-2-23-13-6-3-5-12(9-13)11-24-14-7-4-8-19-16(14)25-17(22)20-15(21)10-18/h3-9H,2,10-11,18H2,1H3,(H,20,21,22). The molecule has 0 saturated carbocycles. The van der Waals surface area contributed by atoms with Crippen LogP contribution in [-0.2, 0) is 11.4 Å². The van der Waals surface area contributed by atoms with E-state index in [0.717, 1.165) is 11.3 Å². The Kier molecular flexibility index (Phi) is 6.73. The molecule has 0 fully saturated rings. The Bertz CT molecular complexity index is 736. The monoisotopic (exact) mass is 345 g/mol. The predicted octanol–water partition coefficient (Wildman–Crippen LogP) is 1.63. The number of pyridine rings is 1. The van der Waals surface area contributed by atoms with Gasteiger partial charge in [0.05, 0.1) is 13.2 Å². The minimum atomic E-state index is -0.975. The maximum absolute atomic E-state index is 11.6. The van der Waals surface area contributed by atoms with Crippen LogP contribution in [0.25, 0.3) is 0 Å². The van der Waals surface area contributed by atoms with E-state index in [1.165, 1.54) is 6.20 Å². The lowest BCUT2D eigenvalue weighted by molar-refractivity contribution is -0.118. The average Bonchev–Trinajstić information content (AvgIpc) is 2.61. The number of nitrogens with two attached hydrogens (primary N) is 1. The maximum atomic E-state index is 11.6. The predicted molar refractivity (Wildman–Crippen MR) is 89.4 cm³/mol. The van der Waals surface area contributed by atoms with Gasteiger partial charge in [-0.15, -0.1) is 0 Å². The molecule has 0 aliphatic carbocycles. The molecule has 1 aromatic heterocycles. The summed E-state index contributed by atoms with van der Waals surface area (Å²) >= 11 is 0. The van der Waals surface area contributed by atoms with Crippen LogP contribution >= 0.6 is 0 Å². The lowest BCUT2D eigenvalue weighted by atomic mass is 10.2. The van der Waals surface area contributed by atoms with Gasteiger partial charge in [0.25, 0.3) is 5.88 Å². The minimum Gasteiger partial charge on any atom is -0.494 e. The molecule has 3 N–H and O–H groups in total. The zero-order valence-corrected chi connectivity index (χ0v) is 13.7. The van der Waals surface area contributed by atoms with Crippen LogP contribution in [0, 0.1) is 0 Å². The van der Waals surface area contributed by atoms with Crippen molar-refractivity contribution >= 4 is 12.0 Å². The van der Waals surface area contributed by atoms with Gasteiger partial charge in [-0.1, -0.05) is 12.1 Å².